The van der Waals surface area contributed by atoms with Gasteiger partial charge in [-0.05, 0) is 52.5 Å². The van der Waals surface area contributed by atoms with Crippen molar-refractivity contribution >= 4 is 17.8 Å². The number of aliphatic hydroxyl groups excluding tert-OH is 9. The van der Waals surface area contributed by atoms with E-state index in [1.54, 1.807) is 80.7 Å². The van der Waals surface area contributed by atoms with E-state index in [1.165, 1.54) is 13.0 Å². The molecule has 75 heavy (non-hydrogen) atoms. The molecule has 20 unspecified atom stereocenters. The molecule has 426 valence electrons. The largest absolute Gasteiger partial charge is 0.469 e. The predicted molar refractivity (Wildman–Crippen MR) is 276 cm³/mol. The fourth-order valence-electron chi connectivity index (χ4n) is 9.14. The van der Waals surface area contributed by atoms with Crippen LogP contribution in [0, 0.1) is 17.8 Å². The van der Waals surface area contributed by atoms with Crippen LogP contribution in [0.4, 0.5) is 0 Å². The van der Waals surface area contributed by atoms with Gasteiger partial charge in [-0.25, -0.2) is 0 Å². The van der Waals surface area contributed by atoms with E-state index in [-0.39, 0.29) is 31.6 Å². The number of hydrogen-bond donors (Lipinski definition) is 13. The van der Waals surface area contributed by atoms with Crippen LogP contribution in [0.1, 0.15) is 98.3 Å². The second-order valence-corrected chi connectivity index (χ2v) is 20.1. The Morgan fingerprint density at radius 1 is 0.720 bits per heavy atom. The number of carbonyl (C=O) groups excluding carboxylic acids is 3. The summed E-state index contributed by atoms with van der Waals surface area (Å²) in [5.74, 6) is -6.77. The average Bonchev–Trinajstić information content (AvgIpc) is 3.34. The molecule has 0 aliphatic carbocycles. The Balaban J connectivity index is 1.94. The molecule has 3 heterocycles. The Morgan fingerprint density at radius 3 is 1.92 bits per heavy atom. The highest BCUT2D eigenvalue weighted by atomic mass is 16.7. The maximum atomic E-state index is 13.3. The molecule has 0 spiro atoms. The molecule has 2 saturated heterocycles. The van der Waals surface area contributed by atoms with Crippen LogP contribution in [0.3, 0.4) is 0 Å². The van der Waals surface area contributed by atoms with E-state index in [2.05, 4.69) is 5.32 Å². The molecule has 20 atom stereocenters. The van der Waals surface area contributed by atoms with Gasteiger partial charge in [0.25, 0.3) is 0 Å². The first-order valence-corrected chi connectivity index (χ1v) is 26.1. The van der Waals surface area contributed by atoms with Gasteiger partial charge in [-0.15, -0.1) is 0 Å². The van der Waals surface area contributed by atoms with Crippen molar-refractivity contribution in [2.75, 3.05) is 13.7 Å². The summed E-state index contributed by atoms with van der Waals surface area (Å²) in [5, 5.41) is 113. The lowest BCUT2D eigenvalue weighted by Crippen LogP contribution is -2.65. The van der Waals surface area contributed by atoms with Crippen LogP contribution in [0.5, 0.6) is 0 Å². The molecular formula is C54H87N3O18. The number of nitrogens with one attached hydrogen (secondary N) is 1. The van der Waals surface area contributed by atoms with Gasteiger partial charge in [0.15, 0.2) is 12.1 Å². The maximum absolute atomic E-state index is 13.3. The molecule has 0 aromatic heterocycles. The number of ether oxygens (including phenoxy) is 5. The van der Waals surface area contributed by atoms with Gasteiger partial charge < -0.3 is 91.5 Å². The molecule has 2 bridgehead atoms. The van der Waals surface area contributed by atoms with Crippen LogP contribution in [-0.2, 0) is 38.1 Å². The monoisotopic (exact) mass is 1070 g/mol. The minimum atomic E-state index is -2.33. The van der Waals surface area contributed by atoms with Crippen LogP contribution in [0.15, 0.2) is 85.1 Å². The van der Waals surface area contributed by atoms with E-state index in [4.69, 9.17) is 35.2 Å². The molecule has 0 saturated carbocycles. The molecule has 0 aromatic carbocycles. The Morgan fingerprint density at radius 2 is 1.32 bits per heavy atom. The van der Waals surface area contributed by atoms with Gasteiger partial charge in [-0.3, -0.25) is 14.4 Å². The second-order valence-electron chi connectivity index (χ2n) is 20.1. The van der Waals surface area contributed by atoms with Crippen molar-refractivity contribution in [1.29, 1.82) is 0 Å². The number of hydrogen-bond acceptors (Lipinski definition) is 20. The lowest BCUT2D eigenvalue weighted by molar-refractivity contribution is -0.309. The Kier molecular flexibility index (Phi) is 29.0. The number of esters is 2. The van der Waals surface area contributed by atoms with Crippen molar-refractivity contribution < 1.29 is 89.1 Å². The molecule has 21 nitrogen and oxygen atoms in total. The molecule has 21 heteroatoms. The summed E-state index contributed by atoms with van der Waals surface area (Å²) in [4.78, 5) is 39.1. The number of allylic oxidation sites excluding steroid dienone is 12. The van der Waals surface area contributed by atoms with Gasteiger partial charge in [0.05, 0.1) is 86.7 Å². The van der Waals surface area contributed by atoms with Gasteiger partial charge >= 0.3 is 11.9 Å². The number of aliphatic hydroxyl groups is 10. The highest BCUT2D eigenvalue weighted by Crippen LogP contribution is 2.38. The molecule has 1 amide bonds. The number of methoxy groups -OCH3 is 1. The zero-order chi connectivity index (χ0) is 55.8. The smallest absolute Gasteiger partial charge is 0.313 e. The van der Waals surface area contributed by atoms with E-state index in [9.17, 15) is 65.4 Å². The van der Waals surface area contributed by atoms with Crippen LogP contribution >= 0.6 is 0 Å². The Labute approximate surface area is 440 Å². The lowest BCUT2D eigenvalue weighted by Gasteiger charge is -2.46. The molecule has 0 radical (unpaired) electrons. The summed E-state index contributed by atoms with van der Waals surface area (Å²) in [6.07, 6.45) is 4.40. The molecule has 2 fully saturated rings. The summed E-state index contributed by atoms with van der Waals surface area (Å²) in [7, 11) is 1.10. The van der Waals surface area contributed by atoms with E-state index in [0.717, 1.165) is 7.11 Å². The third kappa shape index (κ3) is 22.5. The summed E-state index contributed by atoms with van der Waals surface area (Å²) in [6, 6.07) is -2.26. The minimum absolute atomic E-state index is 0.116. The first-order chi connectivity index (χ1) is 35.5. The summed E-state index contributed by atoms with van der Waals surface area (Å²) >= 11 is 0. The Bertz CT molecular complexity index is 1930. The average molecular weight is 1070 g/mol. The number of rotatable bonds is 9. The van der Waals surface area contributed by atoms with Gasteiger partial charge in [0.2, 0.25) is 5.91 Å². The van der Waals surface area contributed by atoms with Crippen molar-refractivity contribution in [2.24, 2.45) is 29.2 Å². The minimum Gasteiger partial charge on any atom is -0.469 e. The maximum Gasteiger partial charge on any atom is 0.313 e. The third-order valence-corrected chi connectivity index (χ3v) is 13.8. The van der Waals surface area contributed by atoms with Gasteiger partial charge in [0, 0.05) is 37.5 Å². The topological polar surface area (TPSA) is 364 Å². The quantitative estimate of drug-likeness (QED) is 0.110. The number of cyclic esters (lactones) is 1. The predicted octanol–water partition coefficient (Wildman–Crippen LogP) is 0.414. The highest BCUT2D eigenvalue weighted by Gasteiger charge is 2.51. The molecule has 3 aliphatic heterocycles. The third-order valence-electron chi connectivity index (χ3n) is 13.8. The van der Waals surface area contributed by atoms with Crippen molar-refractivity contribution in [3.63, 3.8) is 0 Å². The molecule has 3 aliphatic rings. The zero-order valence-corrected chi connectivity index (χ0v) is 43.9. The Hall–Kier alpha value is -4.01. The van der Waals surface area contributed by atoms with Crippen molar-refractivity contribution in [1.82, 2.24) is 5.32 Å². The lowest BCUT2D eigenvalue weighted by atomic mass is 9.82. The second kappa shape index (κ2) is 33.3. The summed E-state index contributed by atoms with van der Waals surface area (Å²) in [6.45, 7) is 7.13. The van der Waals surface area contributed by atoms with E-state index < -0.39 is 159 Å². The molecule has 3 rings (SSSR count). The summed E-state index contributed by atoms with van der Waals surface area (Å²) in [5.41, 5.74) is 11.7. The first-order valence-electron chi connectivity index (χ1n) is 26.1. The standard InChI is InChI=1S/C54H87N3O18/c1-32-20-16-14-12-10-8-6-7-9-11-13-15-17-21-39(74-53-50(67)47(49(66)35(4)73-53)57-51(68)40(56)22-18-19-25-55)29-44-46(52(69)71-5)43(63)31-54(70,75-44)30-38(60)27-42(62)41(61)24-23-36(58)26-37(59)28-45(64)72-34(3)33(2)48(32)65/h6-17,20-21,32-44,46-50,53,58-63,65-67,70H,18-19,22-31,55-56H2,1-5H3,(H,57,68)/b7-6+,10-8+,11-9+,14-12+,15-13+,20-16+,21-17+. The normalized spacial score (nSPS) is 41.3. The zero-order valence-electron chi connectivity index (χ0n) is 43.9. The van der Waals surface area contributed by atoms with Gasteiger partial charge in [-0.2, -0.15) is 0 Å². The van der Waals surface area contributed by atoms with E-state index in [1.807, 2.05) is 19.1 Å². The fourth-order valence-corrected chi connectivity index (χ4v) is 9.14. The van der Waals surface area contributed by atoms with Crippen molar-refractivity contribution in [2.45, 2.75) is 202 Å². The number of amides is 1. The van der Waals surface area contributed by atoms with Crippen LogP contribution in [-0.4, -0.2) is 186 Å². The SMILES string of the molecule is COC(=O)C1C(O)CC2(O)CC(O)CC(O)C(O)CCC(O)CC(O)CC(=O)OC(C)C(C)C(O)C(C)/C=C/C=C/C=C/C=C/C=C/C=C/C=C/C(OC3OC(C)C(O)C(NC(=O)C(N)CCCCN)C3O)CC1O2. The van der Waals surface area contributed by atoms with Crippen molar-refractivity contribution in [3.8, 4) is 0 Å². The number of nitrogens with two attached hydrogens (primary N) is 2. The van der Waals surface area contributed by atoms with Gasteiger partial charge in [-0.1, -0.05) is 105 Å². The van der Waals surface area contributed by atoms with E-state index >= 15 is 0 Å². The van der Waals surface area contributed by atoms with Crippen LogP contribution in [0.25, 0.3) is 0 Å². The number of fused-ring (bicyclic) bond motifs is 2. The molecule has 0 aromatic rings. The van der Waals surface area contributed by atoms with Crippen molar-refractivity contribution in [3.05, 3.63) is 85.1 Å². The molecule has 15 N–H and O–H groups in total. The van der Waals surface area contributed by atoms with Crippen LogP contribution < -0.4 is 16.8 Å². The first kappa shape index (κ1) is 65.3. The summed E-state index contributed by atoms with van der Waals surface area (Å²) < 4.78 is 28.8. The number of carbonyl (C=O) groups is 3. The number of unbranched alkanes of at least 4 members (excludes halogenated alkanes) is 1. The fraction of sp³-hybridized carbons (Fsp3) is 0.685. The highest BCUT2D eigenvalue weighted by molar-refractivity contribution is 5.81. The molecular weight excluding hydrogens is 979 g/mol. The van der Waals surface area contributed by atoms with E-state index in [0.29, 0.717) is 25.8 Å². The van der Waals surface area contributed by atoms with Crippen LogP contribution in [0.2, 0.25) is 0 Å². The van der Waals surface area contributed by atoms with Gasteiger partial charge in [0.1, 0.15) is 24.2 Å².